The van der Waals surface area contributed by atoms with E-state index in [4.69, 9.17) is 0 Å². The number of nitrogens with one attached hydrogen (secondary N) is 2. The van der Waals surface area contributed by atoms with E-state index in [2.05, 4.69) is 15.6 Å². The summed E-state index contributed by atoms with van der Waals surface area (Å²) in [7, 11) is 0. The summed E-state index contributed by atoms with van der Waals surface area (Å²) in [6.45, 7) is -0.509. The molecule has 0 bridgehead atoms. The molecule has 1 atom stereocenters. The molecule has 1 unspecified atom stereocenters. The standard InChI is InChI=1S/C19H17N3O3S/c23-12-16(18(25)22-19-20-10-11-26-19)21-17(24)15-8-6-14(7-9-15)13-4-2-1-3-5-13/h1-11,16,23H,12H2,(H,21,24)(H,20,22,25). The van der Waals surface area contributed by atoms with E-state index in [1.54, 1.807) is 23.7 Å². The number of benzene rings is 2. The number of hydrogen-bond donors (Lipinski definition) is 3. The summed E-state index contributed by atoms with van der Waals surface area (Å²) in [5.41, 5.74) is 2.45. The second-order valence-corrected chi connectivity index (χ2v) is 6.37. The second-order valence-electron chi connectivity index (χ2n) is 5.48. The molecule has 0 saturated carbocycles. The van der Waals surface area contributed by atoms with Crippen molar-refractivity contribution in [2.45, 2.75) is 6.04 Å². The molecule has 3 aromatic rings. The van der Waals surface area contributed by atoms with E-state index >= 15 is 0 Å². The number of rotatable bonds is 6. The predicted octanol–water partition coefficient (Wildman–Crippen LogP) is 2.54. The molecule has 3 rings (SSSR count). The van der Waals surface area contributed by atoms with Crippen molar-refractivity contribution < 1.29 is 14.7 Å². The highest BCUT2D eigenvalue weighted by Crippen LogP contribution is 2.19. The maximum absolute atomic E-state index is 12.4. The summed E-state index contributed by atoms with van der Waals surface area (Å²) >= 11 is 1.26. The molecule has 2 amide bonds. The lowest BCUT2D eigenvalue weighted by Crippen LogP contribution is -2.46. The van der Waals surface area contributed by atoms with Crippen molar-refractivity contribution in [3.63, 3.8) is 0 Å². The predicted molar refractivity (Wildman–Crippen MR) is 101 cm³/mol. The highest BCUT2D eigenvalue weighted by molar-refractivity contribution is 7.13. The molecule has 1 aromatic heterocycles. The number of carbonyl (C=O) groups is 2. The molecule has 132 valence electrons. The zero-order valence-corrected chi connectivity index (χ0v) is 14.6. The van der Waals surface area contributed by atoms with Crippen LogP contribution in [0, 0.1) is 0 Å². The Morgan fingerprint density at radius 1 is 1.04 bits per heavy atom. The molecule has 0 aliphatic heterocycles. The molecule has 2 aromatic carbocycles. The van der Waals surface area contributed by atoms with Gasteiger partial charge in [0.25, 0.3) is 11.8 Å². The van der Waals surface area contributed by atoms with E-state index in [-0.39, 0.29) is 0 Å². The van der Waals surface area contributed by atoms with Crippen molar-refractivity contribution >= 4 is 28.3 Å². The van der Waals surface area contributed by atoms with Crippen LogP contribution in [-0.4, -0.2) is 34.6 Å². The Labute approximate surface area is 154 Å². The van der Waals surface area contributed by atoms with Crippen LogP contribution in [0.5, 0.6) is 0 Å². The summed E-state index contributed by atoms with van der Waals surface area (Å²) in [6, 6.07) is 15.8. The molecule has 6 nitrogen and oxygen atoms in total. The minimum absolute atomic E-state index is 0.408. The first kappa shape index (κ1) is 17.8. The Hall–Kier alpha value is -3.03. The van der Waals surface area contributed by atoms with Crippen molar-refractivity contribution in [2.75, 3.05) is 11.9 Å². The fourth-order valence-corrected chi connectivity index (χ4v) is 2.89. The molecule has 0 saturated heterocycles. The Morgan fingerprint density at radius 2 is 1.73 bits per heavy atom. The van der Waals surface area contributed by atoms with Gasteiger partial charge in [0.2, 0.25) is 0 Å². The molecule has 7 heteroatoms. The fourth-order valence-electron chi connectivity index (χ4n) is 2.36. The Bertz CT molecular complexity index is 865. The van der Waals surface area contributed by atoms with Crippen molar-refractivity contribution in [3.05, 3.63) is 71.7 Å². The molecule has 3 N–H and O–H groups in total. The zero-order chi connectivity index (χ0) is 18.4. The first-order chi connectivity index (χ1) is 12.7. The van der Waals surface area contributed by atoms with Gasteiger partial charge in [0, 0.05) is 17.1 Å². The van der Waals surface area contributed by atoms with Crippen LogP contribution in [0.25, 0.3) is 11.1 Å². The van der Waals surface area contributed by atoms with Crippen molar-refractivity contribution in [1.29, 1.82) is 0 Å². The van der Waals surface area contributed by atoms with Gasteiger partial charge >= 0.3 is 0 Å². The summed E-state index contributed by atoms with van der Waals surface area (Å²) in [4.78, 5) is 28.4. The van der Waals surface area contributed by atoms with Crippen LogP contribution in [0.1, 0.15) is 10.4 Å². The van der Waals surface area contributed by atoms with Crippen molar-refractivity contribution in [1.82, 2.24) is 10.3 Å². The molecule has 0 fully saturated rings. The largest absolute Gasteiger partial charge is 0.394 e. The van der Waals surface area contributed by atoms with E-state index in [0.717, 1.165) is 11.1 Å². The van der Waals surface area contributed by atoms with Gasteiger partial charge in [-0.3, -0.25) is 9.59 Å². The van der Waals surface area contributed by atoms with Gasteiger partial charge in [0.15, 0.2) is 5.13 Å². The molecular formula is C19H17N3O3S. The highest BCUT2D eigenvalue weighted by atomic mass is 32.1. The maximum Gasteiger partial charge on any atom is 0.251 e. The molecule has 0 aliphatic carbocycles. The third kappa shape index (κ3) is 4.33. The van der Waals surface area contributed by atoms with Gasteiger partial charge in [-0.15, -0.1) is 11.3 Å². The molecule has 0 radical (unpaired) electrons. The van der Waals surface area contributed by atoms with Crippen LogP contribution in [0.4, 0.5) is 5.13 Å². The van der Waals surface area contributed by atoms with Crippen molar-refractivity contribution in [2.24, 2.45) is 0 Å². The first-order valence-electron chi connectivity index (χ1n) is 7.95. The van der Waals surface area contributed by atoms with Crippen LogP contribution >= 0.6 is 11.3 Å². The quantitative estimate of drug-likeness (QED) is 0.624. The third-order valence-corrected chi connectivity index (χ3v) is 4.41. The number of hydrogen-bond acceptors (Lipinski definition) is 5. The topological polar surface area (TPSA) is 91.3 Å². The second kappa shape index (κ2) is 8.37. The van der Waals surface area contributed by atoms with E-state index < -0.39 is 24.5 Å². The van der Waals surface area contributed by atoms with Crippen LogP contribution in [0.2, 0.25) is 0 Å². The smallest absolute Gasteiger partial charge is 0.251 e. The van der Waals surface area contributed by atoms with Gasteiger partial charge in [0.1, 0.15) is 6.04 Å². The highest BCUT2D eigenvalue weighted by Gasteiger charge is 2.21. The number of amides is 2. The molecule has 1 heterocycles. The molecular weight excluding hydrogens is 350 g/mol. The first-order valence-corrected chi connectivity index (χ1v) is 8.83. The lowest BCUT2D eigenvalue weighted by Gasteiger charge is -2.15. The van der Waals surface area contributed by atoms with Gasteiger partial charge in [0.05, 0.1) is 6.61 Å². The average molecular weight is 367 g/mol. The van der Waals surface area contributed by atoms with Crippen molar-refractivity contribution in [3.8, 4) is 11.1 Å². The molecule has 26 heavy (non-hydrogen) atoms. The Morgan fingerprint density at radius 3 is 2.35 bits per heavy atom. The van der Waals surface area contributed by atoms with Gasteiger partial charge < -0.3 is 15.7 Å². The van der Waals surface area contributed by atoms with Gasteiger partial charge in [-0.25, -0.2) is 4.98 Å². The Kier molecular flexibility index (Phi) is 5.73. The number of anilines is 1. The Balaban J connectivity index is 1.65. The summed E-state index contributed by atoms with van der Waals surface area (Å²) in [6.07, 6.45) is 1.56. The lowest BCUT2D eigenvalue weighted by atomic mass is 10.0. The monoisotopic (exact) mass is 367 g/mol. The van der Waals surface area contributed by atoms with E-state index in [1.807, 2.05) is 42.5 Å². The van der Waals surface area contributed by atoms with Gasteiger partial charge in [-0.1, -0.05) is 42.5 Å². The number of thiazole rings is 1. The maximum atomic E-state index is 12.4. The van der Waals surface area contributed by atoms with E-state index in [0.29, 0.717) is 10.7 Å². The summed E-state index contributed by atoms with van der Waals surface area (Å²) < 4.78 is 0. The third-order valence-electron chi connectivity index (χ3n) is 3.72. The number of aliphatic hydroxyl groups excluding tert-OH is 1. The number of aliphatic hydroxyl groups is 1. The van der Waals surface area contributed by atoms with Crippen LogP contribution < -0.4 is 10.6 Å². The molecule has 0 aliphatic rings. The minimum atomic E-state index is -1.06. The normalized spacial score (nSPS) is 11.6. The number of aromatic nitrogens is 1. The minimum Gasteiger partial charge on any atom is -0.394 e. The van der Waals surface area contributed by atoms with Crippen LogP contribution in [0.15, 0.2) is 66.2 Å². The van der Waals surface area contributed by atoms with E-state index in [1.165, 1.54) is 11.3 Å². The van der Waals surface area contributed by atoms with Crippen LogP contribution in [0.3, 0.4) is 0 Å². The van der Waals surface area contributed by atoms with Gasteiger partial charge in [-0.2, -0.15) is 0 Å². The molecule has 0 spiro atoms. The van der Waals surface area contributed by atoms with Gasteiger partial charge in [-0.05, 0) is 23.3 Å². The number of nitrogens with zero attached hydrogens (tertiary/aromatic N) is 1. The lowest BCUT2D eigenvalue weighted by molar-refractivity contribution is -0.118. The summed E-state index contributed by atoms with van der Waals surface area (Å²) in [5.74, 6) is -0.949. The van der Waals surface area contributed by atoms with E-state index in [9.17, 15) is 14.7 Å². The van der Waals surface area contributed by atoms with Crippen LogP contribution in [-0.2, 0) is 4.79 Å². The zero-order valence-electron chi connectivity index (χ0n) is 13.8. The average Bonchev–Trinajstić information content (AvgIpc) is 3.19. The number of carbonyl (C=O) groups excluding carboxylic acids is 2. The summed E-state index contributed by atoms with van der Waals surface area (Å²) in [5, 5.41) is 16.6. The SMILES string of the molecule is O=C(NC(CO)C(=O)Nc1nccs1)c1ccc(-c2ccccc2)cc1. The fraction of sp³-hybridized carbons (Fsp3) is 0.105.